The third-order valence-corrected chi connectivity index (χ3v) is 9.33. The lowest BCUT2D eigenvalue weighted by Crippen LogP contribution is -2.15. The highest BCUT2D eigenvalue weighted by molar-refractivity contribution is 6.07. The lowest BCUT2D eigenvalue weighted by molar-refractivity contribution is 0.658. The highest BCUT2D eigenvalue weighted by Gasteiger charge is 2.36. The van der Waals surface area contributed by atoms with Crippen molar-refractivity contribution in [2.24, 2.45) is 0 Å². The molecule has 218 valence electrons. The Morgan fingerprint density at radius 1 is 0.413 bits per heavy atom. The zero-order valence-corrected chi connectivity index (χ0v) is 25.5. The number of hydrogen-bond donors (Lipinski definition) is 0. The molecule has 4 nitrogen and oxygen atoms in total. The quantitative estimate of drug-likeness (QED) is 0.204. The van der Waals surface area contributed by atoms with Crippen LogP contribution in [-0.4, -0.2) is 15.0 Å². The van der Waals surface area contributed by atoms with Crippen LogP contribution in [0.25, 0.3) is 78.4 Å². The maximum Gasteiger partial charge on any atom is 0.164 e. The summed E-state index contributed by atoms with van der Waals surface area (Å²) in [5.41, 5.74) is 12.0. The summed E-state index contributed by atoms with van der Waals surface area (Å²) in [5, 5.41) is 2.33. The third-order valence-electron chi connectivity index (χ3n) is 9.33. The number of nitrogens with zero attached hydrogens (tertiary/aromatic N) is 3. The second kappa shape index (κ2) is 10.1. The van der Waals surface area contributed by atoms with Crippen LogP contribution in [0.15, 0.2) is 144 Å². The number of benzene rings is 6. The number of fused-ring (bicyclic) bond motifs is 6. The molecule has 0 saturated carbocycles. The smallest absolute Gasteiger partial charge is 0.164 e. The summed E-state index contributed by atoms with van der Waals surface area (Å²) in [6.45, 7) is 4.65. The van der Waals surface area contributed by atoms with Gasteiger partial charge in [-0.3, -0.25) is 0 Å². The fraction of sp³-hybridized carbons (Fsp3) is 0.0714. The molecule has 2 aromatic heterocycles. The maximum atomic E-state index is 6.27. The molecule has 0 spiro atoms. The molecule has 0 N–H and O–H groups in total. The van der Waals surface area contributed by atoms with Gasteiger partial charge in [0, 0.05) is 32.9 Å². The number of rotatable bonds is 4. The van der Waals surface area contributed by atoms with E-state index in [0.717, 1.165) is 44.4 Å². The number of hydrogen-bond acceptors (Lipinski definition) is 4. The first-order chi connectivity index (χ1) is 22.5. The number of furan rings is 1. The Morgan fingerprint density at radius 3 is 1.70 bits per heavy atom. The van der Waals surface area contributed by atoms with Gasteiger partial charge in [0.2, 0.25) is 0 Å². The number of para-hydroxylation sites is 1. The molecular formula is C42H29N3O. The predicted molar refractivity (Wildman–Crippen MR) is 186 cm³/mol. The van der Waals surface area contributed by atoms with Crippen LogP contribution < -0.4 is 0 Å². The van der Waals surface area contributed by atoms with Crippen molar-refractivity contribution in [3.63, 3.8) is 0 Å². The fourth-order valence-electron chi connectivity index (χ4n) is 6.91. The Kier molecular flexibility index (Phi) is 5.81. The molecule has 0 aliphatic heterocycles. The molecule has 6 aromatic carbocycles. The molecule has 1 aliphatic carbocycles. The van der Waals surface area contributed by atoms with Crippen molar-refractivity contribution in [3.05, 3.63) is 151 Å². The van der Waals surface area contributed by atoms with Gasteiger partial charge in [-0.2, -0.15) is 0 Å². The summed E-state index contributed by atoms with van der Waals surface area (Å²) < 4.78 is 6.27. The van der Waals surface area contributed by atoms with Gasteiger partial charge in [-0.05, 0) is 63.7 Å². The van der Waals surface area contributed by atoms with Crippen LogP contribution in [-0.2, 0) is 5.41 Å². The molecule has 0 saturated heterocycles. The molecule has 0 unspecified atom stereocenters. The van der Waals surface area contributed by atoms with Crippen LogP contribution in [0.2, 0.25) is 0 Å². The zero-order valence-electron chi connectivity index (χ0n) is 25.5. The molecule has 4 heteroatoms. The summed E-state index contributed by atoms with van der Waals surface area (Å²) in [6.07, 6.45) is 0. The monoisotopic (exact) mass is 591 g/mol. The Morgan fingerprint density at radius 2 is 0.978 bits per heavy atom. The minimum absolute atomic E-state index is 0.159. The first-order valence-corrected chi connectivity index (χ1v) is 15.6. The topological polar surface area (TPSA) is 51.8 Å². The van der Waals surface area contributed by atoms with Gasteiger partial charge in [-0.1, -0.05) is 123 Å². The first-order valence-electron chi connectivity index (χ1n) is 15.6. The van der Waals surface area contributed by atoms with Crippen LogP contribution in [0.4, 0.5) is 0 Å². The van der Waals surface area contributed by atoms with Crippen LogP contribution >= 0.6 is 0 Å². The van der Waals surface area contributed by atoms with Crippen LogP contribution in [0.3, 0.4) is 0 Å². The summed E-state index contributed by atoms with van der Waals surface area (Å²) >= 11 is 0. The first kappa shape index (κ1) is 26.5. The molecule has 0 amide bonds. The van der Waals surface area contributed by atoms with Crippen molar-refractivity contribution in [3.8, 4) is 56.4 Å². The van der Waals surface area contributed by atoms with E-state index >= 15 is 0 Å². The normalized spacial score (nSPS) is 13.2. The van der Waals surface area contributed by atoms with E-state index in [1.807, 2.05) is 72.8 Å². The molecule has 46 heavy (non-hydrogen) atoms. The summed E-state index contributed by atoms with van der Waals surface area (Å²) in [5.74, 6) is 1.97. The third kappa shape index (κ3) is 4.18. The van der Waals surface area contributed by atoms with E-state index in [1.54, 1.807) is 0 Å². The van der Waals surface area contributed by atoms with E-state index in [-0.39, 0.29) is 5.41 Å². The van der Waals surface area contributed by atoms with Gasteiger partial charge in [0.15, 0.2) is 17.5 Å². The van der Waals surface area contributed by atoms with Crippen LogP contribution in [0.5, 0.6) is 0 Å². The fourth-order valence-corrected chi connectivity index (χ4v) is 6.91. The van der Waals surface area contributed by atoms with Crippen molar-refractivity contribution in [2.45, 2.75) is 19.3 Å². The summed E-state index contributed by atoms with van der Waals surface area (Å²) in [6, 6.07) is 48.4. The molecular weight excluding hydrogens is 562 g/mol. The Labute approximate surface area is 267 Å². The second-order valence-corrected chi connectivity index (χ2v) is 12.5. The van der Waals surface area contributed by atoms with Gasteiger partial charge in [-0.25, -0.2) is 15.0 Å². The molecule has 2 heterocycles. The molecule has 0 atom stereocenters. The van der Waals surface area contributed by atoms with Gasteiger partial charge in [0.1, 0.15) is 11.2 Å². The molecule has 0 radical (unpaired) electrons. The number of aromatic nitrogens is 3. The van der Waals surface area contributed by atoms with E-state index in [4.69, 9.17) is 19.4 Å². The van der Waals surface area contributed by atoms with Crippen molar-refractivity contribution in [1.82, 2.24) is 15.0 Å². The predicted octanol–water partition coefficient (Wildman–Crippen LogP) is 10.7. The largest absolute Gasteiger partial charge is 0.456 e. The molecule has 9 rings (SSSR count). The van der Waals surface area contributed by atoms with Gasteiger partial charge in [0.25, 0.3) is 0 Å². The Hall–Kier alpha value is -5.87. The Balaban J connectivity index is 1.14. The summed E-state index contributed by atoms with van der Waals surface area (Å²) in [7, 11) is 0. The SMILES string of the molecule is CC1(C)c2cc(-c3cccc(-c4nc(-c5ccccc5)nc(-c5ccccc5)n4)c3)ccc2-c2cc3oc4ccccc4c3cc21. The lowest BCUT2D eigenvalue weighted by atomic mass is 9.81. The molecule has 8 aromatic rings. The molecule has 0 fully saturated rings. The van der Waals surface area contributed by atoms with Gasteiger partial charge in [0.05, 0.1) is 0 Å². The highest BCUT2D eigenvalue weighted by atomic mass is 16.3. The van der Waals surface area contributed by atoms with Gasteiger partial charge >= 0.3 is 0 Å². The Bertz CT molecular complexity index is 2380. The zero-order chi connectivity index (χ0) is 30.8. The van der Waals surface area contributed by atoms with E-state index in [2.05, 4.69) is 80.6 Å². The maximum absolute atomic E-state index is 6.27. The van der Waals surface area contributed by atoms with E-state index in [1.165, 1.54) is 27.6 Å². The van der Waals surface area contributed by atoms with Gasteiger partial charge < -0.3 is 4.42 Å². The standard InChI is InChI=1S/C42H29N3O/c1-42(2)35-23-29(20-21-31(35)33-25-38-34(24-36(33)42)32-18-9-10-19-37(32)46-38)28-16-11-17-30(22-28)41-44-39(26-12-5-3-6-13-26)43-40(45-41)27-14-7-4-8-15-27/h3-25H,1-2H3. The average molecular weight is 592 g/mol. The van der Waals surface area contributed by atoms with Crippen LogP contribution in [0.1, 0.15) is 25.0 Å². The van der Waals surface area contributed by atoms with E-state index in [9.17, 15) is 0 Å². The average Bonchev–Trinajstić information content (AvgIpc) is 3.59. The minimum atomic E-state index is -0.159. The second-order valence-electron chi connectivity index (χ2n) is 12.5. The van der Waals surface area contributed by atoms with Crippen molar-refractivity contribution < 1.29 is 4.42 Å². The van der Waals surface area contributed by atoms with Crippen molar-refractivity contribution in [1.29, 1.82) is 0 Å². The molecule has 0 bridgehead atoms. The highest BCUT2D eigenvalue weighted by Crippen LogP contribution is 2.51. The van der Waals surface area contributed by atoms with Crippen molar-refractivity contribution in [2.75, 3.05) is 0 Å². The van der Waals surface area contributed by atoms with E-state index < -0.39 is 0 Å². The minimum Gasteiger partial charge on any atom is -0.456 e. The lowest BCUT2D eigenvalue weighted by Gasteiger charge is -2.22. The molecule has 1 aliphatic rings. The summed E-state index contributed by atoms with van der Waals surface area (Å²) in [4.78, 5) is 14.8. The van der Waals surface area contributed by atoms with Crippen molar-refractivity contribution >= 4 is 21.9 Å². The van der Waals surface area contributed by atoms with Crippen LogP contribution in [0, 0.1) is 0 Å². The van der Waals surface area contributed by atoms with Gasteiger partial charge in [-0.15, -0.1) is 0 Å². The van der Waals surface area contributed by atoms with E-state index in [0.29, 0.717) is 17.5 Å².